The topological polar surface area (TPSA) is 90.8 Å². The standard InChI is InChI=1S/C22H21N3O3/c1-14-6-5-9-19(21(14)27)22(28)25-24-15(2)12-20(26)23-18-11-10-16-7-3-4-8-17(16)13-18/h3-11,13,27H,12H2,1-2H3,(H,23,26)(H,25,28)/b24-15-. The van der Waals surface area contributed by atoms with Crippen LogP contribution in [0.5, 0.6) is 5.75 Å². The molecule has 0 atom stereocenters. The maximum absolute atomic E-state index is 12.2. The van der Waals surface area contributed by atoms with Crippen molar-refractivity contribution in [2.75, 3.05) is 5.32 Å². The Kier molecular flexibility index (Phi) is 5.69. The van der Waals surface area contributed by atoms with Gasteiger partial charge in [0.15, 0.2) is 0 Å². The number of hydrogen-bond donors (Lipinski definition) is 3. The number of fused-ring (bicyclic) bond motifs is 1. The molecular formula is C22H21N3O3. The van der Waals surface area contributed by atoms with Crippen LogP contribution in [0.25, 0.3) is 10.8 Å². The average molecular weight is 375 g/mol. The van der Waals surface area contributed by atoms with Gasteiger partial charge >= 0.3 is 0 Å². The number of aryl methyl sites for hydroxylation is 1. The van der Waals surface area contributed by atoms with E-state index in [1.165, 1.54) is 6.07 Å². The first kappa shape index (κ1) is 19.1. The number of aromatic hydroxyl groups is 1. The number of rotatable bonds is 5. The van der Waals surface area contributed by atoms with Gasteiger partial charge in [0.05, 0.1) is 12.0 Å². The Bertz CT molecular complexity index is 1070. The summed E-state index contributed by atoms with van der Waals surface area (Å²) in [5.74, 6) is -0.846. The van der Waals surface area contributed by atoms with Crippen LogP contribution in [-0.4, -0.2) is 22.6 Å². The number of para-hydroxylation sites is 1. The molecule has 142 valence electrons. The van der Waals surface area contributed by atoms with Gasteiger partial charge in [-0.15, -0.1) is 0 Å². The Labute approximate surface area is 162 Å². The lowest BCUT2D eigenvalue weighted by Crippen LogP contribution is -2.21. The number of phenolic OH excluding ortho intramolecular Hbond substituents is 1. The van der Waals surface area contributed by atoms with E-state index in [0.717, 1.165) is 10.8 Å². The normalized spacial score (nSPS) is 11.3. The molecule has 0 heterocycles. The van der Waals surface area contributed by atoms with E-state index in [0.29, 0.717) is 17.0 Å². The number of amides is 2. The molecule has 0 aliphatic carbocycles. The Balaban J connectivity index is 1.59. The van der Waals surface area contributed by atoms with Gasteiger partial charge in [-0.1, -0.05) is 42.5 Å². The van der Waals surface area contributed by atoms with Gasteiger partial charge in [-0.3, -0.25) is 9.59 Å². The molecule has 0 aromatic heterocycles. The van der Waals surface area contributed by atoms with Crippen molar-refractivity contribution in [3.05, 3.63) is 71.8 Å². The molecule has 3 N–H and O–H groups in total. The zero-order valence-electron chi connectivity index (χ0n) is 15.7. The molecule has 3 aromatic carbocycles. The molecule has 3 rings (SSSR count). The van der Waals surface area contributed by atoms with Gasteiger partial charge in [0.1, 0.15) is 5.75 Å². The summed E-state index contributed by atoms with van der Waals surface area (Å²) in [6.07, 6.45) is 0.0346. The van der Waals surface area contributed by atoms with Crippen LogP contribution in [0.3, 0.4) is 0 Å². The smallest absolute Gasteiger partial charge is 0.275 e. The number of hydrogen-bond acceptors (Lipinski definition) is 4. The quantitative estimate of drug-likeness (QED) is 0.465. The molecule has 0 unspecified atom stereocenters. The lowest BCUT2D eigenvalue weighted by molar-refractivity contribution is -0.115. The maximum Gasteiger partial charge on any atom is 0.275 e. The Morgan fingerprint density at radius 1 is 1.00 bits per heavy atom. The minimum Gasteiger partial charge on any atom is -0.507 e. The number of phenols is 1. The summed E-state index contributed by atoms with van der Waals surface area (Å²) in [7, 11) is 0. The van der Waals surface area contributed by atoms with Gasteiger partial charge in [0, 0.05) is 11.4 Å². The SMILES string of the molecule is C/C(CC(=O)Nc1ccc2ccccc2c1)=N/NC(=O)c1cccc(C)c1O. The molecular weight excluding hydrogens is 354 g/mol. The number of nitrogens with one attached hydrogen (secondary N) is 2. The fourth-order valence-corrected chi connectivity index (χ4v) is 2.79. The molecule has 3 aromatic rings. The zero-order valence-corrected chi connectivity index (χ0v) is 15.7. The summed E-state index contributed by atoms with van der Waals surface area (Å²) in [5.41, 5.74) is 4.25. The molecule has 0 saturated heterocycles. The predicted molar refractivity (Wildman–Crippen MR) is 111 cm³/mol. The fraction of sp³-hybridized carbons (Fsp3) is 0.136. The third-order valence-corrected chi connectivity index (χ3v) is 4.28. The molecule has 0 aliphatic heterocycles. The van der Waals surface area contributed by atoms with Gasteiger partial charge in [0.25, 0.3) is 5.91 Å². The van der Waals surface area contributed by atoms with Crippen LogP contribution in [0.1, 0.15) is 29.3 Å². The van der Waals surface area contributed by atoms with E-state index in [2.05, 4.69) is 15.8 Å². The first-order chi connectivity index (χ1) is 13.4. The van der Waals surface area contributed by atoms with Crippen molar-refractivity contribution in [1.82, 2.24) is 5.43 Å². The van der Waals surface area contributed by atoms with Crippen LogP contribution in [0.2, 0.25) is 0 Å². The molecule has 6 heteroatoms. The lowest BCUT2D eigenvalue weighted by Gasteiger charge is -2.08. The highest BCUT2D eigenvalue weighted by molar-refractivity contribution is 6.06. The third kappa shape index (κ3) is 4.54. The van der Waals surface area contributed by atoms with Crippen molar-refractivity contribution >= 4 is 34.0 Å². The minimum atomic E-state index is -0.532. The molecule has 2 amide bonds. The molecule has 0 saturated carbocycles. The summed E-state index contributed by atoms with van der Waals surface area (Å²) in [5, 5.41) is 18.9. The molecule has 0 fully saturated rings. The van der Waals surface area contributed by atoms with E-state index < -0.39 is 5.91 Å². The first-order valence-electron chi connectivity index (χ1n) is 8.85. The molecule has 0 radical (unpaired) electrons. The second-order valence-electron chi connectivity index (χ2n) is 6.55. The molecule has 0 spiro atoms. The van der Waals surface area contributed by atoms with Gasteiger partial charge in [-0.25, -0.2) is 5.43 Å². The van der Waals surface area contributed by atoms with Gasteiger partial charge in [-0.2, -0.15) is 5.10 Å². The van der Waals surface area contributed by atoms with Crippen molar-refractivity contribution in [2.24, 2.45) is 5.10 Å². The second-order valence-corrected chi connectivity index (χ2v) is 6.55. The summed E-state index contributed by atoms with van der Waals surface area (Å²) in [4.78, 5) is 24.4. The van der Waals surface area contributed by atoms with Crippen LogP contribution in [0.15, 0.2) is 65.8 Å². The number of carbonyl (C=O) groups excluding carboxylic acids is 2. The van der Waals surface area contributed by atoms with E-state index in [4.69, 9.17) is 0 Å². The van der Waals surface area contributed by atoms with Crippen LogP contribution >= 0.6 is 0 Å². The molecule has 0 aliphatic rings. The van der Waals surface area contributed by atoms with Crippen LogP contribution in [0.4, 0.5) is 5.69 Å². The van der Waals surface area contributed by atoms with Crippen molar-refractivity contribution < 1.29 is 14.7 Å². The highest BCUT2D eigenvalue weighted by Gasteiger charge is 2.12. The summed E-state index contributed by atoms with van der Waals surface area (Å²) in [6, 6.07) is 18.5. The molecule has 0 bridgehead atoms. The number of carbonyl (C=O) groups is 2. The van der Waals surface area contributed by atoms with Gasteiger partial charge in [-0.05, 0) is 48.4 Å². The van der Waals surface area contributed by atoms with Crippen LogP contribution in [0, 0.1) is 6.92 Å². The summed E-state index contributed by atoms with van der Waals surface area (Å²) in [6.45, 7) is 3.36. The van der Waals surface area contributed by atoms with Crippen molar-refractivity contribution in [3.8, 4) is 5.75 Å². The van der Waals surface area contributed by atoms with E-state index in [-0.39, 0.29) is 23.6 Å². The zero-order chi connectivity index (χ0) is 20.1. The Morgan fingerprint density at radius 3 is 2.54 bits per heavy atom. The maximum atomic E-state index is 12.2. The predicted octanol–water partition coefficient (Wildman–Crippen LogP) is 3.99. The number of benzene rings is 3. The molecule has 28 heavy (non-hydrogen) atoms. The van der Waals surface area contributed by atoms with Crippen molar-refractivity contribution in [3.63, 3.8) is 0 Å². The van der Waals surface area contributed by atoms with Crippen molar-refractivity contribution in [2.45, 2.75) is 20.3 Å². The number of anilines is 1. The van der Waals surface area contributed by atoms with Crippen molar-refractivity contribution in [1.29, 1.82) is 0 Å². The summed E-state index contributed by atoms with van der Waals surface area (Å²) >= 11 is 0. The molecule has 6 nitrogen and oxygen atoms in total. The van der Waals surface area contributed by atoms with Crippen LogP contribution < -0.4 is 10.7 Å². The number of hydrazone groups is 1. The largest absolute Gasteiger partial charge is 0.507 e. The second kappa shape index (κ2) is 8.35. The fourth-order valence-electron chi connectivity index (χ4n) is 2.79. The third-order valence-electron chi connectivity index (χ3n) is 4.28. The monoisotopic (exact) mass is 375 g/mol. The van der Waals surface area contributed by atoms with E-state index in [1.54, 1.807) is 26.0 Å². The van der Waals surface area contributed by atoms with E-state index in [1.807, 2.05) is 42.5 Å². The van der Waals surface area contributed by atoms with Gasteiger partial charge < -0.3 is 10.4 Å². The minimum absolute atomic E-state index is 0.0346. The van der Waals surface area contributed by atoms with E-state index in [9.17, 15) is 14.7 Å². The highest BCUT2D eigenvalue weighted by Crippen LogP contribution is 2.21. The van der Waals surface area contributed by atoms with Gasteiger partial charge in [0.2, 0.25) is 5.91 Å². The average Bonchev–Trinajstić information content (AvgIpc) is 2.68. The first-order valence-corrected chi connectivity index (χ1v) is 8.85. The Morgan fingerprint density at radius 2 is 1.75 bits per heavy atom. The van der Waals surface area contributed by atoms with E-state index >= 15 is 0 Å². The summed E-state index contributed by atoms with van der Waals surface area (Å²) < 4.78 is 0. The number of nitrogens with zero attached hydrogens (tertiary/aromatic N) is 1. The van der Waals surface area contributed by atoms with Crippen LogP contribution in [-0.2, 0) is 4.79 Å². The highest BCUT2D eigenvalue weighted by atomic mass is 16.3. The Hall–Kier alpha value is -3.67. The lowest BCUT2D eigenvalue weighted by atomic mass is 10.1.